The Morgan fingerprint density at radius 2 is 1.90 bits per heavy atom. The van der Waals surface area contributed by atoms with E-state index in [0.717, 1.165) is 18.2 Å². The highest BCUT2D eigenvalue weighted by Crippen LogP contribution is 2.32. The van der Waals surface area contributed by atoms with Crippen molar-refractivity contribution in [2.24, 2.45) is 0 Å². The maximum Gasteiger partial charge on any atom is 0.263 e. The van der Waals surface area contributed by atoms with Gasteiger partial charge in [-0.15, -0.1) is 0 Å². The number of rotatable bonds is 9. The fourth-order valence-electron chi connectivity index (χ4n) is 3.81. The Kier molecular flexibility index (Phi) is 8.14. The number of benzene rings is 2. The lowest BCUT2D eigenvalue weighted by Gasteiger charge is -2.15. The number of nitrogens with one attached hydrogen (secondary N) is 2. The molecule has 14 heteroatoms. The highest BCUT2D eigenvalue weighted by molar-refractivity contribution is 7.92. The lowest BCUT2D eigenvalue weighted by atomic mass is 10.1. The summed E-state index contributed by atoms with van der Waals surface area (Å²) in [6.07, 6.45) is 1.89. The molecule has 39 heavy (non-hydrogen) atoms. The van der Waals surface area contributed by atoms with Crippen LogP contribution in [-0.4, -0.2) is 56.2 Å². The molecule has 0 unspecified atom stereocenters. The van der Waals surface area contributed by atoms with Gasteiger partial charge in [0.05, 0.1) is 35.9 Å². The number of likely N-dealkylation sites (N-methyl/N-ethyl adjacent to an activating group) is 1. The first-order chi connectivity index (χ1) is 18.6. The Morgan fingerprint density at radius 3 is 2.56 bits per heavy atom. The second-order valence-electron chi connectivity index (χ2n) is 8.23. The topological polar surface area (TPSA) is 142 Å². The summed E-state index contributed by atoms with van der Waals surface area (Å²) in [5.74, 6) is -1.10. The molecular formula is C25H23ClFN5O6S. The second-order valence-corrected chi connectivity index (χ2v) is 10.3. The summed E-state index contributed by atoms with van der Waals surface area (Å²) in [5.41, 5.74) is 0.996. The van der Waals surface area contributed by atoms with E-state index < -0.39 is 27.5 Å². The lowest BCUT2D eigenvalue weighted by molar-refractivity contribution is -0.131. The van der Waals surface area contributed by atoms with Gasteiger partial charge < -0.3 is 14.8 Å². The van der Waals surface area contributed by atoms with Crippen LogP contribution < -0.4 is 20.3 Å². The average Bonchev–Trinajstić information content (AvgIpc) is 2.91. The van der Waals surface area contributed by atoms with E-state index in [2.05, 4.69) is 20.0 Å². The molecule has 0 aliphatic heterocycles. The number of nitrogens with zero attached hydrogens (tertiary/aromatic N) is 3. The normalized spacial score (nSPS) is 12.2. The number of sulfonamides is 1. The molecule has 0 aliphatic rings. The van der Waals surface area contributed by atoms with Crippen molar-refractivity contribution in [3.8, 4) is 17.0 Å². The van der Waals surface area contributed by atoms with Crippen LogP contribution in [0, 0.1) is 5.82 Å². The Morgan fingerprint density at radius 1 is 1.13 bits per heavy atom. The molecule has 2 aromatic carbocycles. The third-order valence-electron chi connectivity index (χ3n) is 5.82. The van der Waals surface area contributed by atoms with Crippen molar-refractivity contribution in [2.75, 3.05) is 26.0 Å². The smallest absolute Gasteiger partial charge is 0.263 e. The Balaban J connectivity index is 1.73. The van der Waals surface area contributed by atoms with Crippen molar-refractivity contribution < 1.29 is 27.1 Å². The van der Waals surface area contributed by atoms with E-state index >= 15 is 0 Å². The molecule has 2 aromatic heterocycles. The fraction of sp³-hybridized carbons (Fsp3) is 0.200. The maximum atomic E-state index is 13.4. The van der Waals surface area contributed by atoms with Gasteiger partial charge in [0.25, 0.3) is 21.5 Å². The van der Waals surface area contributed by atoms with Crippen molar-refractivity contribution in [3.05, 3.63) is 76.2 Å². The zero-order valence-corrected chi connectivity index (χ0v) is 22.5. The number of pyridine rings is 1. The van der Waals surface area contributed by atoms with Gasteiger partial charge in [-0.2, -0.15) is 0 Å². The number of amides is 1. The van der Waals surface area contributed by atoms with Gasteiger partial charge in [-0.25, -0.2) is 22.8 Å². The SMILES string of the molecule is CNC(=O)[C@H](Cn1cnc2ccc(-c3cnc(OC)c(NS(=O)(=O)c4ccc(F)cc4Cl)c3)cc2c1=O)OC. The highest BCUT2D eigenvalue weighted by atomic mass is 35.5. The first kappa shape index (κ1) is 28.0. The Bertz CT molecular complexity index is 1730. The third kappa shape index (κ3) is 5.85. The number of halogens is 2. The first-order valence-corrected chi connectivity index (χ1v) is 13.2. The molecule has 11 nitrogen and oxygen atoms in total. The average molecular weight is 576 g/mol. The number of carbonyl (C=O) groups excluding carboxylic acids is 1. The van der Waals surface area contributed by atoms with Gasteiger partial charge in [-0.3, -0.25) is 18.9 Å². The van der Waals surface area contributed by atoms with Crippen molar-refractivity contribution >= 4 is 44.1 Å². The van der Waals surface area contributed by atoms with Crippen LogP contribution >= 0.6 is 11.6 Å². The number of methoxy groups -OCH3 is 2. The van der Waals surface area contributed by atoms with Crippen molar-refractivity contribution in [1.82, 2.24) is 19.9 Å². The van der Waals surface area contributed by atoms with Crippen molar-refractivity contribution in [3.63, 3.8) is 0 Å². The minimum Gasteiger partial charge on any atom is -0.480 e. The van der Waals surface area contributed by atoms with Gasteiger partial charge >= 0.3 is 0 Å². The number of hydrogen-bond donors (Lipinski definition) is 2. The van der Waals surface area contributed by atoms with Crippen LogP contribution in [0.15, 0.2) is 64.7 Å². The monoisotopic (exact) mass is 575 g/mol. The van der Waals surface area contributed by atoms with Crippen molar-refractivity contribution in [2.45, 2.75) is 17.5 Å². The van der Waals surface area contributed by atoms with E-state index in [4.69, 9.17) is 21.1 Å². The summed E-state index contributed by atoms with van der Waals surface area (Å²) in [7, 11) is -0.0879. The summed E-state index contributed by atoms with van der Waals surface area (Å²) in [6, 6.07) is 9.30. The van der Waals surface area contributed by atoms with Crippen LogP contribution in [0.25, 0.3) is 22.0 Å². The molecule has 1 amide bonds. The van der Waals surface area contributed by atoms with Crippen LogP contribution in [0.3, 0.4) is 0 Å². The van der Waals surface area contributed by atoms with Gasteiger partial charge in [0, 0.05) is 25.9 Å². The minimum absolute atomic E-state index is 0.00685. The minimum atomic E-state index is -4.24. The van der Waals surface area contributed by atoms with Crippen LogP contribution in [0.4, 0.5) is 10.1 Å². The molecule has 0 saturated carbocycles. The van der Waals surface area contributed by atoms with Gasteiger partial charge in [0.1, 0.15) is 16.4 Å². The number of fused-ring (bicyclic) bond motifs is 1. The predicted octanol–water partition coefficient (Wildman–Crippen LogP) is 2.82. The zero-order valence-electron chi connectivity index (χ0n) is 20.9. The van der Waals surface area contributed by atoms with Gasteiger partial charge in [0.2, 0.25) is 5.88 Å². The molecule has 0 radical (unpaired) electrons. The summed E-state index contributed by atoms with van der Waals surface area (Å²) >= 11 is 5.96. The van der Waals surface area contributed by atoms with Crippen LogP contribution in [-0.2, 0) is 26.1 Å². The Labute approximate surface area is 227 Å². The molecule has 4 rings (SSSR count). The molecule has 2 N–H and O–H groups in total. The molecule has 0 saturated heterocycles. The summed E-state index contributed by atoms with van der Waals surface area (Å²) in [6.45, 7) is -0.0514. The summed E-state index contributed by atoms with van der Waals surface area (Å²) in [5, 5.41) is 2.45. The number of carbonyl (C=O) groups is 1. The highest BCUT2D eigenvalue weighted by Gasteiger charge is 2.22. The predicted molar refractivity (Wildman–Crippen MR) is 143 cm³/mol. The van der Waals surface area contributed by atoms with E-state index in [1.165, 1.54) is 44.4 Å². The van der Waals surface area contributed by atoms with Crippen LogP contribution in [0.2, 0.25) is 5.02 Å². The standard InChI is InChI=1S/C25H23ClFN5O6S/c1-28-23(33)21(37-2)12-32-13-30-19-6-4-14(8-17(19)25(32)34)15-9-20(24(38-3)29-11-15)31-39(35,36)22-7-5-16(27)10-18(22)26/h4-11,13,21,31H,12H2,1-3H3,(H,28,33)/t21-/m0/s1. The van der Waals surface area contributed by atoms with E-state index in [0.29, 0.717) is 16.6 Å². The molecule has 0 fully saturated rings. The van der Waals surface area contributed by atoms with E-state index in [-0.39, 0.29) is 39.3 Å². The Hall–Kier alpha value is -4.07. The lowest BCUT2D eigenvalue weighted by Crippen LogP contribution is -2.39. The number of aromatic nitrogens is 3. The van der Waals surface area contributed by atoms with E-state index in [1.807, 2.05) is 0 Å². The molecule has 204 valence electrons. The van der Waals surface area contributed by atoms with Gasteiger partial charge in [-0.1, -0.05) is 17.7 Å². The molecule has 1 atom stereocenters. The quantitative estimate of drug-likeness (QED) is 0.310. The summed E-state index contributed by atoms with van der Waals surface area (Å²) in [4.78, 5) is 33.4. The summed E-state index contributed by atoms with van der Waals surface area (Å²) < 4.78 is 53.5. The fourth-order valence-corrected chi connectivity index (χ4v) is 5.39. The van der Waals surface area contributed by atoms with Gasteiger partial charge in [-0.05, 0) is 42.0 Å². The largest absolute Gasteiger partial charge is 0.480 e. The molecule has 0 spiro atoms. The van der Waals surface area contributed by atoms with Crippen LogP contribution in [0.1, 0.15) is 0 Å². The molecule has 0 bridgehead atoms. The number of ether oxygens (including phenoxy) is 2. The van der Waals surface area contributed by atoms with Crippen LogP contribution in [0.5, 0.6) is 5.88 Å². The molecule has 4 aromatic rings. The number of hydrogen-bond acceptors (Lipinski definition) is 8. The first-order valence-electron chi connectivity index (χ1n) is 11.3. The molecular weight excluding hydrogens is 553 g/mol. The third-order valence-corrected chi connectivity index (χ3v) is 7.66. The van der Waals surface area contributed by atoms with E-state index in [1.54, 1.807) is 18.2 Å². The maximum absolute atomic E-state index is 13.4. The number of anilines is 1. The molecule has 0 aliphatic carbocycles. The zero-order chi connectivity index (χ0) is 28.3. The molecule has 2 heterocycles. The second kappa shape index (κ2) is 11.4. The van der Waals surface area contributed by atoms with E-state index in [9.17, 15) is 22.4 Å². The van der Waals surface area contributed by atoms with Gasteiger partial charge in [0.15, 0.2) is 6.10 Å². The van der Waals surface area contributed by atoms with Crippen molar-refractivity contribution in [1.29, 1.82) is 0 Å².